The lowest BCUT2D eigenvalue weighted by Gasteiger charge is -2.28. The number of hydrogen-bond donors (Lipinski definition) is 0. The standard InChI is InChI=1S/C13H18ClNO5S/c1-9(8-19-2)20-13(16)12-6-11(21(14,17)18)7-15(12)10-4-3-5-10/h6-7,9-10H,3-5,8H2,1-2H3. The summed E-state index contributed by atoms with van der Waals surface area (Å²) in [5.41, 5.74) is 0.210. The fraction of sp³-hybridized carbons (Fsp3) is 0.615. The van der Waals surface area contributed by atoms with Crippen LogP contribution in [0.2, 0.25) is 0 Å². The molecule has 21 heavy (non-hydrogen) atoms. The summed E-state index contributed by atoms with van der Waals surface area (Å²) >= 11 is 0. The molecule has 1 unspecified atom stereocenters. The SMILES string of the molecule is COCC(C)OC(=O)c1cc(S(=O)(=O)Cl)cn1C1CCC1. The first-order valence-electron chi connectivity index (χ1n) is 6.69. The first-order chi connectivity index (χ1) is 9.82. The number of aromatic nitrogens is 1. The van der Waals surface area contributed by atoms with Crippen LogP contribution in [0.25, 0.3) is 0 Å². The Morgan fingerprint density at radius 3 is 2.67 bits per heavy atom. The Morgan fingerprint density at radius 1 is 1.52 bits per heavy atom. The number of esters is 1. The van der Waals surface area contributed by atoms with Gasteiger partial charge >= 0.3 is 5.97 Å². The van der Waals surface area contributed by atoms with Crippen LogP contribution < -0.4 is 0 Å². The minimum Gasteiger partial charge on any atom is -0.456 e. The van der Waals surface area contributed by atoms with Gasteiger partial charge in [-0.3, -0.25) is 0 Å². The Labute approximate surface area is 128 Å². The number of ether oxygens (including phenoxy) is 2. The van der Waals surface area contributed by atoms with Gasteiger partial charge < -0.3 is 14.0 Å². The number of hydrogen-bond acceptors (Lipinski definition) is 5. The van der Waals surface area contributed by atoms with Crippen molar-refractivity contribution in [1.82, 2.24) is 4.57 Å². The summed E-state index contributed by atoms with van der Waals surface area (Å²) in [4.78, 5) is 12.1. The van der Waals surface area contributed by atoms with Gasteiger partial charge in [0.2, 0.25) is 0 Å². The molecule has 0 bridgehead atoms. The van der Waals surface area contributed by atoms with Gasteiger partial charge in [0.15, 0.2) is 0 Å². The molecule has 0 aliphatic heterocycles. The molecule has 8 heteroatoms. The zero-order valence-electron chi connectivity index (χ0n) is 11.9. The molecular formula is C13H18ClNO5S. The zero-order chi connectivity index (χ0) is 15.6. The van der Waals surface area contributed by atoms with Gasteiger partial charge in [-0.1, -0.05) is 0 Å². The van der Waals surface area contributed by atoms with Gasteiger partial charge in [0.05, 0.1) is 6.61 Å². The summed E-state index contributed by atoms with van der Waals surface area (Å²) in [6.45, 7) is 1.98. The molecule has 1 aliphatic rings. The predicted molar refractivity (Wildman–Crippen MR) is 77.1 cm³/mol. The first kappa shape index (κ1) is 16.3. The van der Waals surface area contributed by atoms with Gasteiger partial charge in [-0.05, 0) is 32.3 Å². The maximum atomic E-state index is 12.2. The molecule has 0 spiro atoms. The van der Waals surface area contributed by atoms with Crippen LogP contribution in [0.15, 0.2) is 17.2 Å². The Morgan fingerprint density at radius 2 is 2.19 bits per heavy atom. The Hall–Kier alpha value is -1.05. The largest absolute Gasteiger partial charge is 0.456 e. The Kier molecular flexibility index (Phi) is 4.95. The normalized spacial score (nSPS) is 17.3. The van der Waals surface area contributed by atoms with Crippen molar-refractivity contribution in [2.45, 2.75) is 43.2 Å². The molecule has 1 aromatic heterocycles. The van der Waals surface area contributed by atoms with Gasteiger partial charge in [-0.15, -0.1) is 0 Å². The van der Waals surface area contributed by atoms with Crippen LogP contribution in [-0.2, 0) is 18.5 Å². The van der Waals surface area contributed by atoms with E-state index in [4.69, 9.17) is 20.2 Å². The molecule has 6 nitrogen and oxygen atoms in total. The third kappa shape index (κ3) is 3.78. The summed E-state index contributed by atoms with van der Waals surface area (Å²) in [6.07, 6.45) is 3.86. The van der Waals surface area contributed by atoms with E-state index in [1.165, 1.54) is 19.4 Å². The molecule has 0 saturated heterocycles. The van der Waals surface area contributed by atoms with Crippen molar-refractivity contribution in [2.75, 3.05) is 13.7 Å². The molecule has 1 saturated carbocycles. The van der Waals surface area contributed by atoms with E-state index in [1.54, 1.807) is 11.5 Å². The summed E-state index contributed by atoms with van der Waals surface area (Å²) in [5.74, 6) is -0.571. The van der Waals surface area contributed by atoms with Crippen LogP contribution in [-0.4, -0.2) is 38.8 Å². The summed E-state index contributed by atoms with van der Waals surface area (Å²) in [6, 6.07) is 1.39. The molecule has 1 fully saturated rings. The minimum atomic E-state index is -3.88. The number of carbonyl (C=O) groups is 1. The van der Waals surface area contributed by atoms with Gasteiger partial charge in [0, 0.05) is 30.0 Å². The fourth-order valence-electron chi connectivity index (χ4n) is 2.23. The quantitative estimate of drug-likeness (QED) is 0.589. The second-order valence-corrected chi connectivity index (χ2v) is 7.73. The predicted octanol–water partition coefficient (Wildman–Crippen LogP) is 2.33. The topological polar surface area (TPSA) is 74.6 Å². The maximum Gasteiger partial charge on any atom is 0.355 e. The molecular weight excluding hydrogens is 318 g/mol. The zero-order valence-corrected chi connectivity index (χ0v) is 13.5. The monoisotopic (exact) mass is 335 g/mol. The molecule has 0 radical (unpaired) electrons. The third-order valence-electron chi connectivity index (χ3n) is 3.49. The number of methoxy groups -OCH3 is 1. The van der Waals surface area contributed by atoms with Crippen LogP contribution in [0.1, 0.15) is 42.7 Å². The number of rotatable bonds is 6. The molecule has 0 N–H and O–H groups in total. The highest BCUT2D eigenvalue weighted by Crippen LogP contribution is 2.35. The van der Waals surface area contributed by atoms with E-state index in [-0.39, 0.29) is 23.2 Å². The lowest BCUT2D eigenvalue weighted by atomic mass is 9.93. The number of carbonyl (C=O) groups excluding carboxylic acids is 1. The summed E-state index contributed by atoms with van der Waals surface area (Å²) < 4.78 is 34.7. The lowest BCUT2D eigenvalue weighted by Crippen LogP contribution is -2.24. The van der Waals surface area contributed by atoms with Crippen molar-refractivity contribution in [2.24, 2.45) is 0 Å². The van der Waals surface area contributed by atoms with Gasteiger partial charge in [0.25, 0.3) is 9.05 Å². The number of nitrogens with zero attached hydrogens (tertiary/aromatic N) is 1. The minimum absolute atomic E-state index is 0.0811. The first-order valence-corrected chi connectivity index (χ1v) is 9.00. The Bertz CT molecular complexity index is 621. The lowest BCUT2D eigenvalue weighted by molar-refractivity contribution is 0.0105. The second-order valence-electron chi connectivity index (χ2n) is 5.16. The molecule has 0 aromatic carbocycles. The van der Waals surface area contributed by atoms with E-state index >= 15 is 0 Å². The van der Waals surface area contributed by atoms with Crippen LogP contribution in [0.3, 0.4) is 0 Å². The van der Waals surface area contributed by atoms with Gasteiger partial charge in [0.1, 0.15) is 16.7 Å². The van der Waals surface area contributed by atoms with E-state index in [0.717, 1.165) is 19.3 Å². The van der Waals surface area contributed by atoms with Crippen molar-refractivity contribution < 1.29 is 22.7 Å². The van der Waals surface area contributed by atoms with Crippen molar-refractivity contribution >= 4 is 25.7 Å². The van der Waals surface area contributed by atoms with Crippen molar-refractivity contribution in [1.29, 1.82) is 0 Å². The molecule has 118 valence electrons. The summed E-state index contributed by atoms with van der Waals surface area (Å²) in [7, 11) is 2.99. The molecule has 2 rings (SSSR count). The van der Waals surface area contributed by atoms with Crippen molar-refractivity contribution in [3.05, 3.63) is 18.0 Å². The Balaban J connectivity index is 2.28. The highest BCUT2D eigenvalue weighted by molar-refractivity contribution is 8.13. The molecule has 1 aromatic rings. The van der Waals surface area contributed by atoms with Crippen LogP contribution in [0, 0.1) is 0 Å². The fourth-order valence-corrected chi connectivity index (χ4v) is 2.97. The highest BCUT2D eigenvalue weighted by Gasteiger charge is 2.28. The van der Waals surface area contributed by atoms with Gasteiger partial charge in [-0.25, -0.2) is 13.2 Å². The van der Waals surface area contributed by atoms with Gasteiger partial charge in [-0.2, -0.15) is 0 Å². The average Bonchev–Trinajstić information content (AvgIpc) is 2.71. The van der Waals surface area contributed by atoms with Crippen LogP contribution in [0.4, 0.5) is 0 Å². The molecule has 0 amide bonds. The summed E-state index contributed by atoms with van der Waals surface area (Å²) in [5, 5.41) is 0. The molecule has 1 atom stereocenters. The molecule has 1 heterocycles. The number of halogens is 1. The van der Waals surface area contributed by atoms with Crippen molar-refractivity contribution in [3.8, 4) is 0 Å². The van der Waals surface area contributed by atoms with E-state index in [1.807, 2.05) is 0 Å². The smallest absolute Gasteiger partial charge is 0.355 e. The van der Waals surface area contributed by atoms with Crippen LogP contribution in [0.5, 0.6) is 0 Å². The second kappa shape index (κ2) is 6.37. The average molecular weight is 336 g/mol. The third-order valence-corrected chi connectivity index (χ3v) is 4.81. The van der Waals surface area contributed by atoms with E-state index < -0.39 is 21.1 Å². The van der Waals surface area contributed by atoms with E-state index in [9.17, 15) is 13.2 Å². The van der Waals surface area contributed by atoms with Crippen molar-refractivity contribution in [3.63, 3.8) is 0 Å². The van der Waals surface area contributed by atoms with Crippen LogP contribution >= 0.6 is 10.7 Å². The molecule has 1 aliphatic carbocycles. The van der Waals surface area contributed by atoms with E-state index in [2.05, 4.69) is 0 Å². The highest BCUT2D eigenvalue weighted by atomic mass is 35.7. The van der Waals surface area contributed by atoms with E-state index in [0.29, 0.717) is 0 Å². The maximum absolute atomic E-state index is 12.2.